The van der Waals surface area contributed by atoms with Gasteiger partial charge < -0.3 is 16.0 Å². The maximum Gasteiger partial charge on any atom is 0.255 e. The van der Waals surface area contributed by atoms with Crippen LogP contribution in [0.5, 0.6) is 0 Å². The van der Waals surface area contributed by atoms with Crippen LogP contribution < -0.4 is 16.0 Å². The van der Waals surface area contributed by atoms with Crippen LogP contribution in [0.1, 0.15) is 23.2 Å². The quantitative estimate of drug-likeness (QED) is 0.912. The van der Waals surface area contributed by atoms with E-state index in [1.165, 1.54) is 0 Å². The minimum Gasteiger partial charge on any atom is -0.371 e. The molecule has 4 heteroatoms. The molecule has 1 aliphatic rings. The predicted molar refractivity (Wildman–Crippen MR) is 94.8 cm³/mol. The van der Waals surface area contributed by atoms with Crippen molar-refractivity contribution in [2.75, 3.05) is 29.9 Å². The van der Waals surface area contributed by atoms with Crippen molar-refractivity contribution in [3.8, 4) is 0 Å². The second-order valence-corrected chi connectivity index (χ2v) is 6.04. The number of carbonyl (C=O) groups is 1. The summed E-state index contributed by atoms with van der Waals surface area (Å²) in [6, 6.07) is 17.4. The smallest absolute Gasteiger partial charge is 0.255 e. The number of para-hydroxylation sites is 1. The number of hydrogen-bond donors (Lipinski definition) is 2. The largest absolute Gasteiger partial charge is 0.371 e. The fourth-order valence-electron chi connectivity index (χ4n) is 3.00. The molecule has 23 heavy (non-hydrogen) atoms. The average molecular weight is 309 g/mol. The fraction of sp³-hybridized carbons (Fsp3) is 0.316. The Labute approximate surface area is 137 Å². The molecular weight excluding hydrogens is 286 g/mol. The molecule has 0 radical (unpaired) electrons. The topological polar surface area (TPSA) is 58.4 Å². The van der Waals surface area contributed by atoms with Gasteiger partial charge in [-0.05, 0) is 55.6 Å². The van der Waals surface area contributed by atoms with Crippen molar-refractivity contribution < 1.29 is 4.79 Å². The zero-order chi connectivity index (χ0) is 16.1. The highest BCUT2D eigenvalue weighted by atomic mass is 16.1. The van der Waals surface area contributed by atoms with Gasteiger partial charge in [-0.15, -0.1) is 0 Å². The average Bonchev–Trinajstić information content (AvgIpc) is 2.63. The standard InChI is InChI=1S/C19H23N3O/c20-14-15-9-11-22(12-10-15)18-8-4-5-16(13-18)19(23)21-17-6-2-1-3-7-17/h1-8,13,15H,9-12,14,20H2,(H,21,23). The van der Waals surface area contributed by atoms with Crippen molar-refractivity contribution >= 4 is 17.3 Å². The van der Waals surface area contributed by atoms with E-state index < -0.39 is 0 Å². The van der Waals surface area contributed by atoms with Gasteiger partial charge in [0, 0.05) is 30.0 Å². The number of nitrogens with one attached hydrogen (secondary N) is 1. The number of anilines is 2. The lowest BCUT2D eigenvalue weighted by molar-refractivity contribution is 0.102. The highest BCUT2D eigenvalue weighted by Crippen LogP contribution is 2.24. The summed E-state index contributed by atoms with van der Waals surface area (Å²) in [7, 11) is 0. The molecule has 1 saturated heterocycles. The van der Waals surface area contributed by atoms with Crippen LogP contribution >= 0.6 is 0 Å². The Balaban J connectivity index is 1.69. The van der Waals surface area contributed by atoms with E-state index in [0.29, 0.717) is 11.5 Å². The van der Waals surface area contributed by atoms with Crippen molar-refractivity contribution in [2.24, 2.45) is 11.7 Å². The van der Waals surface area contributed by atoms with Crippen LogP contribution in [0.25, 0.3) is 0 Å². The molecular formula is C19H23N3O. The van der Waals surface area contributed by atoms with E-state index in [9.17, 15) is 4.79 Å². The molecule has 0 aliphatic carbocycles. The second-order valence-electron chi connectivity index (χ2n) is 6.04. The lowest BCUT2D eigenvalue weighted by Gasteiger charge is -2.33. The molecule has 0 spiro atoms. The summed E-state index contributed by atoms with van der Waals surface area (Å²) in [5, 5.41) is 2.93. The van der Waals surface area contributed by atoms with Crippen molar-refractivity contribution in [1.29, 1.82) is 0 Å². The number of piperidine rings is 1. The zero-order valence-electron chi connectivity index (χ0n) is 13.2. The Hall–Kier alpha value is -2.33. The van der Waals surface area contributed by atoms with E-state index in [4.69, 9.17) is 5.73 Å². The molecule has 0 unspecified atom stereocenters. The lowest BCUT2D eigenvalue weighted by Crippen LogP contribution is -2.36. The molecule has 1 amide bonds. The molecule has 1 aliphatic heterocycles. The molecule has 3 rings (SSSR count). The fourth-order valence-corrected chi connectivity index (χ4v) is 3.00. The van der Waals surface area contributed by atoms with Gasteiger partial charge in [-0.1, -0.05) is 24.3 Å². The van der Waals surface area contributed by atoms with Crippen molar-refractivity contribution in [3.63, 3.8) is 0 Å². The number of benzene rings is 2. The van der Waals surface area contributed by atoms with Crippen molar-refractivity contribution in [1.82, 2.24) is 0 Å². The van der Waals surface area contributed by atoms with Crippen LogP contribution in [0.3, 0.4) is 0 Å². The maximum atomic E-state index is 12.4. The summed E-state index contributed by atoms with van der Waals surface area (Å²) in [6.45, 7) is 2.78. The van der Waals surface area contributed by atoms with E-state index in [0.717, 1.165) is 43.9 Å². The molecule has 0 saturated carbocycles. The number of hydrogen-bond acceptors (Lipinski definition) is 3. The van der Waals surface area contributed by atoms with E-state index in [-0.39, 0.29) is 5.91 Å². The number of amides is 1. The number of nitrogens with zero attached hydrogens (tertiary/aromatic N) is 1. The Morgan fingerprint density at radius 2 is 1.83 bits per heavy atom. The van der Waals surface area contributed by atoms with Crippen LogP contribution in [0.4, 0.5) is 11.4 Å². The zero-order valence-corrected chi connectivity index (χ0v) is 13.2. The first-order valence-electron chi connectivity index (χ1n) is 8.18. The minimum atomic E-state index is -0.0742. The van der Waals surface area contributed by atoms with Crippen LogP contribution in [0.15, 0.2) is 54.6 Å². The summed E-state index contributed by atoms with van der Waals surface area (Å²) in [6.07, 6.45) is 2.24. The number of rotatable bonds is 4. The molecule has 2 aromatic rings. The van der Waals surface area contributed by atoms with Gasteiger partial charge in [-0.2, -0.15) is 0 Å². The van der Waals surface area contributed by atoms with Gasteiger partial charge in [0.1, 0.15) is 0 Å². The van der Waals surface area contributed by atoms with Gasteiger partial charge in [0.25, 0.3) is 5.91 Å². The maximum absolute atomic E-state index is 12.4. The van der Waals surface area contributed by atoms with E-state index >= 15 is 0 Å². The van der Waals surface area contributed by atoms with Gasteiger partial charge in [0.15, 0.2) is 0 Å². The SMILES string of the molecule is NCC1CCN(c2cccc(C(=O)Nc3ccccc3)c2)CC1. The van der Waals surface area contributed by atoms with Gasteiger partial charge in [0.2, 0.25) is 0 Å². The van der Waals surface area contributed by atoms with E-state index in [1.807, 2.05) is 48.5 Å². The monoisotopic (exact) mass is 309 g/mol. The summed E-state index contributed by atoms with van der Waals surface area (Å²) < 4.78 is 0. The Morgan fingerprint density at radius 1 is 1.09 bits per heavy atom. The molecule has 2 aromatic carbocycles. The lowest BCUT2D eigenvalue weighted by atomic mass is 9.96. The first-order valence-corrected chi connectivity index (χ1v) is 8.18. The van der Waals surface area contributed by atoms with Crippen molar-refractivity contribution in [2.45, 2.75) is 12.8 Å². The van der Waals surface area contributed by atoms with Gasteiger partial charge in [-0.3, -0.25) is 4.79 Å². The molecule has 120 valence electrons. The molecule has 1 fully saturated rings. The first-order chi connectivity index (χ1) is 11.3. The predicted octanol–water partition coefficient (Wildman–Crippen LogP) is 3.11. The molecule has 1 heterocycles. The van der Waals surface area contributed by atoms with E-state index in [2.05, 4.69) is 16.3 Å². The number of nitrogens with two attached hydrogens (primary N) is 1. The minimum absolute atomic E-state index is 0.0742. The number of carbonyl (C=O) groups excluding carboxylic acids is 1. The third-order valence-electron chi connectivity index (χ3n) is 4.45. The summed E-state index contributed by atoms with van der Waals surface area (Å²) >= 11 is 0. The summed E-state index contributed by atoms with van der Waals surface area (Å²) in [5.41, 5.74) is 8.36. The Kier molecular flexibility index (Phi) is 4.93. The Morgan fingerprint density at radius 3 is 2.52 bits per heavy atom. The molecule has 4 nitrogen and oxygen atoms in total. The highest BCUT2D eigenvalue weighted by Gasteiger charge is 2.19. The van der Waals surface area contributed by atoms with Crippen LogP contribution in [0.2, 0.25) is 0 Å². The third kappa shape index (κ3) is 3.90. The van der Waals surface area contributed by atoms with Crippen LogP contribution in [-0.4, -0.2) is 25.5 Å². The third-order valence-corrected chi connectivity index (χ3v) is 4.45. The van der Waals surface area contributed by atoms with Crippen LogP contribution in [-0.2, 0) is 0 Å². The molecule has 0 bridgehead atoms. The molecule has 3 N–H and O–H groups in total. The normalized spacial score (nSPS) is 15.4. The van der Waals surface area contributed by atoms with Crippen molar-refractivity contribution in [3.05, 3.63) is 60.2 Å². The van der Waals surface area contributed by atoms with E-state index in [1.54, 1.807) is 0 Å². The second kappa shape index (κ2) is 7.29. The van der Waals surface area contributed by atoms with Gasteiger partial charge >= 0.3 is 0 Å². The van der Waals surface area contributed by atoms with Gasteiger partial charge in [-0.25, -0.2) is 0 Å². The van der Waals surface area contributed by atoms with Crippen LogP contribution in [0, 0.1) is 5.92 Å². The summed E-state index contributed by atoms with van der Waals surface area (Å²) in [5.74, 6) is 0.561. The molecule has 0 atom stereocenters. The summed E-state index contributed by atoms with van der Waals surface area (Å²) in [4.78, 5) is 14.7. The first kappa shape index (κ1) is 15.6. The molecule has 0 aromatic heterocycles. The highest BCUT2D eigenvalue weighted by molar-refractivity contribution is 6.04. The Bertz CT molecular complexity index is 649. The van der Waals surface area contributed by atoms with Gasteiger partial charge in [0.05, 0.1) is 0 Å².